The van der Waals surface area contributed by atoms with Gasteiger partial charge in [0.05, 0.1) is 19.3 Å². The largest absolute Gasteiger partial charge is 0.495 e. The van der Waals surface area contributed by atoms with Crippen LogP contribution in [0.15, 0.2) is 89.3 Å². The van der Waals surface area contributed by atoms with E-state index in [1.807, 2.05) is 30.3 Å². The van der Waals surface area contributed by atoms with E-state index in [1.54, 1.807) is 55.6 Å². The highest BCUT2D eigenvalue weighted by molar-refractivity contribution is 6.08. The van der Waals surface area contributed by atoms with Crippen LogP contribution in [0, 0.1) is 5.82 Å². The predicted octanol–water partition coefficient (Wildman–Crippen LogP) is 5.71. The second kappa shape index (κ2) is 10.4. The van der Waals surface area contributed by atoms with Crippen LogP contribution in [-0.2, 0) is 11.3 Å². The highest BCUT2D eigenvalue weighted by Crippen LogP contribution is 2.36. The van der Waals surface area contributed by atoms with Crippen LogP contribution in [0.5, 0.6) is 5.75 Å². The van der Waals surface area contributed by atoms with E-state index in [0.717, 1.165) is 16.4 Å². The van der Waals surface area contributed by atoms with Crippen LogP contribution in [0.4, 0.5) is 15.8 Å². The number of carbonyl (C=O) groups excluding carboxylic acids is 2. The summed E-state index contributed by atoms with van der Waals surface area (Å²) in [6, 6.07) is 24.3. The Bertz CT molecular complexity index is 1590. The molecule has 0 aliphatic carbocycles. The number of nitrogens with one attached hydrogen (secondary N) is 3. The predicted molar refractivity (Wildman–Crippen MR) is 141 cm³/mol. The maximum Gasteiger partial charge on any atom is 0.251 e. The molecule has 1 heterocycles. The summed E-state index contributed by atoms with van der Waals surface area (Å²) in [5, 5.41) is 10.5. The Labute approximate surface area is 212 Å². The zero-order chi connectivity index (χ0) is 25.8. The van der Waals surface area contributed by atoms with Crippen LogP contribution in [0.3, 0.4) is 0 Å². The van der Waals surface area contributed by atoms with Gasteiger partial charge in [-0.15, -0.1) is 0 Å². The van der Waals surface area contributed by atoms with E-state index in [9.17, 15) is 14.0 Å². The van der Waals surface area contributed by atoms with Gasteiger partial charge in [0.1, 0.15) is 22.7 Å². The molecule has 37 heavy (non-hydrogen) atoms. The molecule has 2 amide bonds. The quantitative estimate of drug-likeness (QED) is 0.255. The van der Waals surface area contributed by atoms with Gasteiger partial charge in [0.25, 0.3) is 5.91 Å². The maximum absolute atomic E-state index is 13.7. The molecule has 1 aromatic heterocycles. The minimum Gasteiger partial charge on any atom is -0.495 e. The van der Waals surface area contributed by atoms with Crippen LogP contribution >= 0.6 is 0 Å². The van der Waals surface area contributed by atoms with Crippen LogP contribution in [0.1, 0.15) is 15.9 Å². The van der Waals surface area contributed by atoms with E-state index in [-0.39, 0.29) is 30.7 Å². The van der Waals surface area contributed by atoms with E-state index in [0.29, 0.717) is 33.8 Å². The van der Waals surface area contributed by atoms with Gasteiger partial charge in [-0.05, 0) is 42.5 Å². The summed E-state index contributed by atoms with van der Waals surface area (Å²) in [5.41, 5.74) is 3.41. The number of fused-ring (bicyclic) bond motifs is 3. The summed E-state index contributed by atoms with van der Waals surface area (Å²) in [4.78, 5) is 25.0. The molecule has 0 radical (unpaired) electrons. The minimum absolute atomic E-state index is 0.000148. The molecule has 8 heteroatoms. The first kappa shape index (κ1) is 23.9. The summed E-state index contributed by atoms with van der Waals surface area (Å²) in [5.74, 6) is -0.435. The van der Waals surface area contributed by atoms with Crippen LogP contribution < -0.4 is 20.7 Å². The van der Waals surface area contributed by atoms with E-state index >= 15 is 0 Å². The molecule has 3 N–H and O–H groups in total. The van der Waals surface area contributed by atoms with E-state index in [4.69, 9.17) is 9.15 Å². The van der Waals surface area contributed by atoms with Gasteiger partial charge < -0.3 is 25.1 Å². The van der Waals surface area contributed by atoms with Gasteiger partial charge in [-0.2, -0.15) is 0 Å². The summed E-state index contributed by atoms with van der Waals surface area (Å²) in [7, 11) is 1.55. The lowest BCUT2D eigenvalue weighted by molar-refractivity contribution is -0.114. The first-order valence-electron chi connectivity index (χ1n) is 11.7. The first-order chi connectivity index (χ1) is 18.0. The Kier molecular flexibility index (Phi) is 6.72. The molecule has 186 valence electrons. The molecule has 0 unspecified atom stereocenters. The smallest absolute Gasteiger partial charge is 0.251 e. The number of methoxy groups -OCH3 is 1. The van der Waals surface area contributed by atoms with Gasteiger partial charge in [0.15, 0.2) is 0 Å². The highest BCUT2D eigenvalue weighted by atomic mass is 19.1. The Morgan fingerprint density at radius 1 is 0.892 bits per heavy atom. The normalized spacial score (nSPS) is 10.9. The van der Waals surface area contributed by atoms with Crippen molar-refractivity contribution >= 4 is 45.1 Å². The number of furan rings is 1. The summed E-state index contributed by atoms with van der Waals surface area (Å²) < 4.78 is 25.1. The average Bonchev–Trinajstić information content (AvgIpc) is 3.28. The summed E-state index contributed by atoms with van der Waals surface area (Å²) in [6.45, 7) is 0.0924. The molecule has 0 bridgehead atoms. The van der Waals surface area contributed by atoms with Crippen molar-refractivity contribution in [3.63, 3.8) is 0 Å². The molecule has 5 aromatic rings. The second-order valence-electron chi connectivity index (χ2n) is 8.40. The van der Waals surface area contributed by atoms with E-state index < -0.39 is 0 Å². The van der Waals surface area contributed by atoms with Crippen LogP contribution in [0.2, 0.25) is 0 Å². The zero-order valence-electron chi connectivity index (χ0n) is 20.0. The zero-order valence-corrected chi connectivity index (χ0v) is 20.0. The topological polar surface area (TPSA) is 92.6 Å². The molecule has 0 aliphatic rings. The Morgan fingerprint density at radius 2 is 1.65 bits per heavy atom. The van der Waals surface area contributed by atoms with Crippen molar-refractivity contribution in [1.29, 1.82) is 0 Å². The fourth-order valence-electron chi connectivity index (χ4n) is 4.05. The van der Waals surface area contributed by atoms with Gasteiger partial charge in [-0.3, -0.25) is 9.59 Å². The highest BCUT2D eigenvalue weighted by Gasteiger charge is 2.14. The molecule has 0 fully saturated rings. The second-order valence-corrected chi connectivity index (χ2v) is 8.40. The third-order valence-electron chi connectivity index (χ3n) is 5.97. The number of halogens is 1. The summed E-state index contributed by atoms with van der Waals surface area (Å²) >= 11 is 0. The molecule has 0 spiro atoms. The van der Waals surface area contributed by atoms with Gasteiger partial charge in [0, 0.05) is 40.2 Å². The number of rotatable bonds is 8. The monoisotopic (exact) mass is 497 g/mol. The average molecular weight is 498 g/mol. The SMILES string of the molecule is COc1cc2c(cc1NC(=O)CNc1ccc(C(=O)NCc3ccccc3F)cc1)oc1ccccc12. The number of ether oxygens (including phenoxy) is 1. The number of amides is 2. The third kappa shape index (κ3) is 5.23. The van der Waals surface area contributed by atoms with Gasteiger partial charge in [-0.1, -0.05) is 36.4 Å². The number of hydrogen-bond donors (Lipinski definition) is 3. The molecule has 7 nitrogen and oxygen atoms in total. The van der Waals surface area contributed by atoms with E-state index in [2.05, 4.69) is 16.0 Å². The van der Waals surface area contributed by atoms with Gasteiger partial charge in [0.2, 0.25) is 5.91 Å². The number of carbonyl (C=O) groups is 2. The standard InChI is InChI=1S/C29H24FN3O4/c1-36-27-14-22-21-7-3-5-9-25(21)37-26(22)15-24(27)33-28(34)17-31-20-12-10-18(11-13-20)29(35)32-16-19-6-2-4-8-23(19)30/h2-15,31H,16-17H2,1H3,(H,32,35)(H,33,34). The molecule has 0 aliphatic heterocycles. The molecule has 0 saturated heterocycles. The fourth-order valence-corrected chi connectivity index (χ4v) is 4.05. The van der Waals surface area contributed by atoms with Crippen LogP contribution in [0.25, 0.3) is 21.9 Å². The van der Waals surface area contributed by atoms with Crippen molar-refractivity contribution in [2.24, 2.45) is 0 Å². The lowest BCUT2D eigenvalue weighted by Crippen LogP contribution is -2.23. The van der Waals surface area contributed by atoms with Crippen molar-refractivity contribution in [1.82, 2.24) is 5.32 Å². The van der Waals surface area contributed by atoms with Crippen molar-refractivity contribution < 1.29 is 23.1 Å². The number of benzene rings is 4. The van der Waals surface area contributed by atoms with Gasteiger partial charge >= 0.3 is 0 Å². The number of anilines is 2. The first-order valence-corrected chi connectivity index (χ1v) is 11.7. The number of para-hydroxylation sites is 1. The molecule has 5 rings (SSSR count). The van der Waals surface area contributed by atoms with Gasteiger partial charge in [-0.25, -0.2) is 4.39 Å². The van der Waals surface area contributed by atoms with E-state index in [1.165, 1.54) is 6.07 Å². The molecular formula is C29H24FN3O4. The molecule has 4 aromatic carbocycles. The lowest BCUT2D eigenvalue weighted by atomic mass is 10.1. The third-order valence-corrected chi connectivity index (χ3v) is 5.97. The van der Waals surface area contributed by atoms with Crippen molar-refractivity contribution in [2.75, 3.05) is 24.3 Å². The van der Waals surface area contributed by atoms with Crippen molar-refractivity contribution in [3.8, 4) is 5.75 Å². The fraction of sp³-hybridized carbons (Fsp3) is 0.103. The summed E-state index contributed by atoms with van der Waals surface area (Å²) in [6.07, 6.45) is 0. The minimum atomic E-state index is -0.365. The Balaban J connectivity index is 1.19. The Hall–Kier alpha value is -4.85. The molecular weight excluding hydrogens is 473 g/mol. The molecule has 0 saturated carbocycles. The molecule has 0 atom stereocenters. The van der Waals surface area contributed by atoms with Crippen LogP contribution in [-0.4, -0.2) is 25.5 Å². The van der Waals surface area contributed by atoms with Crippen molar-refractivity contribution in [2.45, 2.75) is 6.54 Å². The Morgan fingerprint density at radius 3 is 2.43 bits per heavy atom. The lowest BCUT2D eigenvalue weighted by Gasteiger charge is -2.12. The maximum atomic E-state index is 13.7. The number of hydrogen-bond acceptors (Lipinski definition) is 5. The van der Waals surface area contributed by atoms with Crippen molar-refractivity contribution in [3.05, 3.63) is 102 Å².